The van der Waals surface area contributed by atoms with Crippen molar-refractivity contribution in [3.8, 4) is 0 Å². The molecule has 0 unspecified atom stereocenters. The smallest absolute Gasteiger partial charge is 0.305 e. The first kappa shape index (κ1) is 19.9. The Labute approximate surface area is 162 Å². The Morgan fingerprint density at radius 3 is 2.68 bits per heavy atom. The molecule has 0 N–H and O–H groups in total. The number of benzene rings is 1. The van der Waals surface area contributed by atoms with E-state index in [-0.39, 0.29) is 11.9 Å². The number of thiocarbonyl (C=S) groups is 1. The summed E-state index contributed by atoms with van der Waals surface area (Å²) in [5.41, 5.74) is 0.916. The van der Waals surface area contributed by atoms with E-state index >= 15 is 0 Å². The molecule has 0 aromatic heterocycles. The number of nitrogens with zero attached hydrogens (tertiary/aromatic N) is 1. The molecule has 0 radical (unpaired) electrons. The van der Waals surface area contributed by atoms with Gasteiger partial charge >= 0.3 is 5.97 Å². The molecule has 0 saturated carbocycles. The van der Waals surface area contributed by atoms with Gasteiger partial charge < -0.3 is 4.74 Å². The first-order chi connectivity index (χ1) is 12.0. The highest BCUT2D eigenvalue weighted by Crippen LogP contribution is 2.32. The quantitative estimate of drug-likeness (QED) is 0.276. The van der Waals surface area contributed by atoms with Crippen LogP contribution in [-0.2, 0) is 14.3 Å². The number of ether oxygens (including phenoxy) is 1. The lowest BCUT2D eigenvalue weighted by molar-refractivity contribution is -0.143. The molecule has 0 bridgehead atoms. The lowest BCUT2D eigenvalue weighted by Gasteiger charge is -2.13. The summed E-state index contributed by atoms with van der Waals surface area (Å²) in [5, 5.41) is 0.660. The van der Waals surface area contributed by atoms with Gasteiger partial charge in [0.1, 0.15) is 4.32 Å². The third-order valence-electron chi connectivity index (χ3n) is 3.61. The minimum Gasteiger partial charge on any atom is -0.466 e. The summed E-state index contributed by atoms with van der Waals surface area (Å²) < 4.78 is 5.47. The number of halogens is 1. The molecule has 1 aromatic rings. The average Bonchev–Trinajstić information content (AvgIpc) is 2.84. The number of amides is 1. The van der Waals surface area contributed by atoms with Gasteiger partial charge in [0.15, 0.2) is 0 Å². The highest BCUT2D eigenvalue weighted by molar-refractivity contribution is 8.26. The maximum absolute atomic E-state index is 12.5. The van der Waals surface area contributed by atoms with E-state index in [1.54, 1.807) is 24.0 Å². The zero-order valence-electron chi connectivity index (χ0n) is 14.0. The predicted octanol–water partition coefficient (Wildman–Crippen LogP) is 4.66. The number of esters is 1. The Morgan fingerprint density at radius 2 is 2.00 bits per heavy atom. The number of carbonyl (C=O) groups is 2. The summed E-state index contributed by atoms with van der Waals surface area (Å²) >= 11 is 12.5. The molecule has 1 fully saturated rings. The van der Waals surface area contributed by atoms with Gasteiger partial charge in [-0.3, -0.25) is 14.5 Å². The highest BCUT2D eigenvalue weighted by Gasteiger charge is 2.31. The van der Waals surface area contributed by atoms with Crippen molar-refractivity contribution in [3.05, 3.63) is 39.8 Å². The van der Waals surface area contributed by atoms with E-state index in [2.05, 4.69) is 0 Å². The molecule has 7 heteroatoms. The van der Waals surface area contributed by atoms with E-state index in [0.717, 1.165) is 24.8 Å². The third kappa shape index (κ3) is 6.13. The number of hydrogen-bond acceptors (Lipinski definition) is 5. The first-order valence-electron chi connectivity index (χ1n) is 8.18. The van der Waals surface area contributed by atoms with Gasteiger partial charge in [-0.2, -0.15) is 0 Å². The van der Waals surface area contributed by atoms with E-state index in [1.807, 2.05) is 18.2 Å². The highest BCUT2D eigenvalue weighted by atomic mass is 35.5. The van der Waals surface area contributed by atoms with Crippen LogP contribution in [0.1, 0.15) is 38.2 Å². The van der Waals surface area contributed by atoms with Crippen LogP contribution in [0.2, 0.25) is 5.02 Å². The minimum absolute atomic E-state index is 0.0599. The lowest BCUT2D eigenvalue weighted by atomic mass is 10.2. The van der Waals surface area contributed by atoms with Gasteiger partial charge in [0.2, 0.25) is 0 Å². The number of unbranched alkanes of at least 4 members (excludes halogenated alkanes) is 2. The van der Waals surface area contributed by atoms with Crippen LogP contribution in [0.5, 0.6) is 0 Å². The molecule has 0 spiro atoms. The predicted molar refractivity (Wildman–Crippen MR) is 106 cm³/mol. The SMILES string of the molecule is CCOC(=O)CCCCCN1C(=O)C(=Cc2ccc(Cl)cc2)SC1=S. The maximum atomic E-state index is 12.5. The van der Waals surface area contributed by atoms with Gasteiger partial charge in [0.05, 0.1) is 11.5 Å². The van der Waals surface area contributed by atoms with Crippen LogP contribution in [0.4, 0.5) is 0 Å². The Hall–Kier alpha value is -1.37. The number of hydrogen-bond donors (Lipinski definition) is 0. The molecule has 0 atom stereocenters. The van der Waals surface area contributed by atoms with Crippen molar-refractivity contribution in [1.29, 1.82) is 0 Å². The Bertz CT molecular complexity index is 673. The van der Waals surface area contributed by atoms with Crippen LogP contribution >= 0.6 is 35.6 Å². The molecule has 1 aromatic carbocycles. The fraction of sp³-hybridized carbons (Fsp3) is 0.389. The molecule has 1 heterocycles. The molecule has 1 amide bonds. The lowest BCUT2D eigenvalue weighted by Crippen LogP contribution is -2.29. The van der Waals surface area contributed by atoms with Crippen molar-refractivity contribution >= 4 is 57.9 Å². The van der Waals surface area contributed by atoms with Crippen molar-refractivity contribution in [2.75, 3.05) is 13.2 Å². The van der Waals surface area contributed by atoms with Crippen LogP contribution in [0.15, 0.2) is 29.2 Å². The van der Waals surface area contributed by atoms with Crippen molar-refractivity contribution in [1.82, 2.24) is 4.90 Å². The molecule has 0 aliphatic carbocycles. The number of thioether (sulfide) groups is 1. The molecule has 4 nitrogen and oxygen atoms in total. The van der Waals surface area contributed by atoms with Crippen LogP contribution in [0.25, 0.3) is 6.08 Å². The van der Waals surface area contributed by atoms with Crippen molar-refractivity contribution in [2.45, 2.75) is 32.6 Å². The number of rotatable bonds is 8. The Kier molecular flexibility index (Phi) is 7.93. The van der Waals surface area contributed by atoms with Gasteiger partial charge in [-0.1, -0.05) is 54.1 Å². The largest absolute Gasteiger partial charge is 0.466 e. The van der Waals surface area contributed by atoms with Crippen LogP contribution in [-0.4, -0.2) is 34.2 Å². The number of carbonyl (C=O) groups excluding carboxylic acids is 2. The Balaban J connectivity index is 1.82. The average molecular weight is 398 g/mol. The molecular formula is C18H20ClNO3S2. The summed E-state index contributed by atoms with van der Waals surface area (Å²) in [7, 11) is 0. The van der Waals surface area contributed by atoms with E-state index in [4.69, 9.17) is 28.6 Å². The van der Waals surface area contributed by atoms with Crippen molar-refractivity contribution < 1.29 is 14.3 Å². The van der Waals surface area contributed by atoms with Crippen LogP contribution < -0.4 is 0 Å². The normalized spacial score (nSPS) is 15.9. The standard InChI is InChI=1S/C18H20ClNO3S2/c1-2-23-16(21)6-4-3-5-11-20-17(22)15(25-18(20)24)12-13-7-9-14(19)10-8-13/h7-10,12H,2-6,11H2,1H3. The second-order valence-electron chi connectivity index (χ2n) is 5.50. The zero-order valence-corrected chi connectivity index (χ0v) is 16.4. The third-order valence-corrected chi connectivity index (χ3v) is 5.24. The van der Waals surface area contributed by atoms with Gasteiger partial charge in [0.25, 0.3) is 5.91 Å². The molecule has 1 aliphatic rings. The van der Waals surface area contributed by atoms with E-state index < -0.39 is 0 Å². The fourth-order valence-corrected chi connectivity index (χ4v) is 3.79. The van der Waals surface area contributed by atoms with Crippen molar-refractivity contribution in [3.63, 3.8) is 0 Å². The first-order valence-corrected chi connectivity index (χ1v) is 9.78. The second kappa shape index (κ2) is 9.94. The monoisotopic (exact) mass is 397 g/mol. The summed E-state index contributed by atoms with van der Waals surface area (Å²) in [6.07, 6.45) is 4.67. The van der Waals surface area contributed by atoms with Gasteiger partial charge in [-0.15, -0.1) is 0 Å². The van der Waals surface area contributed by atoms with Gasteiger partial charge in [0, 0.05) is 18.0 Å². The maximum Gasteiger partial charge on any atom is 0.305 e. The van der Waals surface area contributed by atoms with E-state index in [9.17, 15) is 9.59 Å². The minimum atomic E-state index is -0.168. The summed E-state index contributed by atoms with van der Waals surface area (Å²) in [6.45, 7) is 2.78. The summed E-state index contributed by atoms with van der Waals surface area (Å²) in [4.78, 5) is 26.0. The summed E-state index contributed by atoms with van der Waals surface area (Å²) in [5.74, 6) is -0.227. The van der Waals surface area contributed by atoms with E-state index in [0.29, 0.717) is 33.8 Å². The fourth-order valence-electron chi connectivity index (χ4n) is 2.35. The van der Waals surface area contributed by atoms with Crippen LogP contribution in [0, 0.1) is 0 Å². The molecule has 2 rings (SSSR count). The second-order valence-corrected chi connectivity index (χ2v) is 7.61. The topological polar surface area (TPSA) is 46.6 Å². The molecule has 25 heavy (non-hydrogen) atoms. The Morgan fingerprint density at radius 1 is 1.28 bits per heavy atom. The van der Waals surface area contributed by atoms with Crippen molar-refractivity contribution in [2.24, 2.45) is 0 Å². The molecule has 1 aliphatic heterocycles. The summed E-state index contributed by atoms with van der Waals surface area (Å²) in [6, 6.07) is 7.31. The zero-order chi connectivity index (χ0) is 18.2. The molecule has 134 valence electrons. The molecule has 1 saturated heterocycles. The van der Waals surface area contributed by atoms with E-state index in [1.165, 1.54) is 11.8 Å². The van der Waals surface area contributed by atoms with Gasteiger partial charge in [-0.05, 0) is 43.5 Å². The van der Waals surface area contributed by atoms with Crippen LogP contribution in [0.3, 0.4) is 0 Å². The molecular weight excluding hydrogens is 378 g/mol. The van der Waals surface area contributed by atoms with Gasteiger partial charge in [-0.25, -0.2) is 0 Å².